The van der Waals surface area contributed by atoms with E-state index in [9.17, 15) is 4.79 Å². The largest absolute Gasteiger partial charge is 0.493 e. The minimum absolute atomic E-state index is 0.276. The SMILES string of the molecule is COCOCc1ccc(CCOc2ccc(C=O)cc2)nc1. The van der Waals surface area contributed by atoms with Crippen molar-refractivity contribution in [2.45, 2.75) is 13.0 Å². The van der Waals surface area contributed by atoms with Gasteiger partial charge in [0.1, 0.15) is 18.8 Å². The third kappa shape index (κ3) is 5.27. The van der Waals surface area contributed by atoms with E-state index in [4.69, 9.17) is 14.2 Å². The van der Waals surface area contributed by atoms with Crippen LogP contribution in [0.1, 0.15) is 21.6 Å². The molecule has 2 aromatic rings. The lowest BCUT2D eigenvalue weighted by Gasteiger charge is -2.07. The van der Waals surface area contributed by atoms with E-state index in [0.29, 0.717) is 25.2 Å². The molecule has 2 rings (SSSR count). The maximum Gasteiger partial charge on any atom is 0.150 e. The number of benzene rings is 1. The molecule has 0 bridgehead atoms. The molecule has 0 radical (unpaired) electrons. The van der Waals surface area contributed by atoms with Crippen LogP contribution in [0.4, 0.5) is 0 Å². The fourth-order valence-electron chi connectivity index (χ4n) is 1.85. The summed E-state index contributed by atoms with van der Waals surface area (Å²) in [6.45, 7) is 1.30. The Kier molecular flexibility index (Phi) is 6.54. The lowest BCUT2D eigenvalue weighted by molar-refractivity contribution is -0.0391. The summed E-state index contributed by atoms with van der Waals surface area (Å²) in [5.41, 5.74) is 2.60. The van der Waals surface area contributed by atoms with Gasteiger partial charge >= 0.3 is 0 Å². The molecule has 0 saturated heterocycles. The second kappa shape index (κ2) is 8.92. The van der Waals surface area contributed by atoms with Crippen molar-refractivity contribution < 1.29 is 19.0 Å². The van der Waals surface area contributed by atoms with Crippen LogP contribution in [-0.4, -0.2) is 31.8 Å². The van der Waals surface area contributed by atoms with Crippen LogP contribution in [0.25, 0.3) is 0 Å². The molecule has 0 unspecified atom stereocenters. The second-order valence-corrected chi connectivity index (χ2v) is 4.70. The summed E-state index contributed by atoms with van der Waals surface area (Å²) in [5.74, 6) is 0.746. The monoisotopic (exact) mass is 301 g/mol. The molecule has 22 heavy (non-hydrogen) atoms. The van der Waals surface area contributed by atoms with Gasteiger partial charge in [-0.05, 0) is 35.9 Å². The molecule has 1 heterocycles. The van der Waals surface area contributed by atoms with Gasteiger partial charge in [0.25, 0.3) is 0 Å². The van der Waals surface area contributed by atoms with Gasteiger partial charge in [-0.2, -0.15) is 0 Å². The minimum atomic E-state index is 0.276. The lowest BCUT2D eigenvalue weighted by atomic mass is 10.2. The Morgan fingerprint density at radius 3 is 2.59 bits per heavy atom. The molecule has 0 saturated carbocycles. The minimum Gasteiger partial charge on any atom is -0.493 e. The molecule has 0 atom stereocenters. The zero-order chi connectivity index (χ0) is 15.6. The van der Waals surface area contributed by atoms with Crippen LogP contribution >= 0.6 is 0 Å². The molecule has 1 aromatic carbocycles. The number of aldehydes is 1. The smallest absolute Gasteiger partial charge is 0.150 e. The molecule has 0 aliphatic heterocycles. The van der Waals surface area contributed by atoms with Gasteiger partial charge in [-0.25, -0.2) is 0 Å². The van der Waals surface area contributed by atoms with Crippen molar-refractivity contribution in [3.8, 4) is 5.75 Å². The Bertz CT molecular complexity index is 566. The predicted molar refractivity (Wildman–Crippen MR) is 81.9 cm³/mol. The Hall–Kier alpha value is -2.24. The number of methoxy groups -OCH3 is 1. The summed E-state index contributed by atoms with van der Waals surface area (Å²) < 4.78 is 15.7. The van der Waals surface area contributed by atoms with Crippen molar-refractivity contribution in [1.29, 1.82) is 0 Å². The summed E-state index contributed by atoms with van der Waals surface area (Å²) >= 11 is 0. The van der Waals surface area contributed by atoms with Crippen LogP contribution in [0.3, 0.4) is 0 Å². The highest BCUT2D eigenvalue weighted by molar-refractivity contribution is 5.74. The van der Waals surface area contributed by atoms with Crippen molar-refractivity contribution in [2.24, 2.45) is 0 Å². The summed E-state index contributed by atoms with van der Waals surface area (Å²) in [6.07, 6.45) is 3.32. The van der Waals surface area contributed by atoms with Crippen molar-refractivity contribution in [3.05, 3.63) is 59.4 Å². The first-order chi connectivity index (χ1) is 10.8. The van der Waals surface area contributed by atoms with Crippen LogP contribution in [0, 0.1) is 0 Å². The van der Waals surface area contributed by atoms with Gasteiger partial charge in [0.05, 0.1) is 13.2 Å². The van der Waals surface area contributed by atoms with Crippen LogP contribution in [0.5, 0.6) is 5.75 Å². The quantitative estimate of drug-likeness (QED) is 0.405. The zero-order valence-corrected chi connectivity index (χ0v) is 12.5. The summed E-state index contributed by atoms with van der Waals surface area (Å²) in [5, 5.41) is 0. The Morgan fingerprint density at radius 2 is 1.95 bits per heavy atom. The van der Waals surface area contributed by atoms with Crippen molar-refractivity contribution in [3.63, 3.8) is 0 Å². The highest BCUT2D eigenvalue weighted by Gasteiger charge is 1.99. The van der Waals surface area contributed by atoms with E-state index in [1.165, 1.54) is 0 Å². The highest BCUT2D eigenvalue weighted by atomic mass is 16.7. The third-order valence-corrected chi connectivity index (χ3v) is 3.00. The molecule has 116 valence electrons. The number of hydrogen-bond acceptors (Lipinski definition) is 5. The number of carbonyl (C=O) groups excluding carboxylic acids is 1. The lowest BCUT2D eigenvalue weighted by Crippen LogP contribution is -2.04. The number of rotatable bonds is 9. The maximum absolute atomic E-state index is 10.6. The van der Waals surface area contributed by atoms with Crippen LogP contribution in [0.2, 0.25) is 0 Å². The van der Waals surface area contributed by atoms with Gasteiger partial charge in [0, 0.05) is 31.0 Å². The van der Waals surface area contributed by atoms with E-state index in [-0.39, 0.29) is 6.79 Å². The van der Waals surface area contributed by atoms with E-state index in [1.54, 1.807) is 37.6 Å². The van der Waals surface area contributed by atoms with Gasteiger partial charge in [-0.15, -0.1) is 0 Å². The topological polar surface area (TPSA) is 57.7 Å². The molecular formula is C17H19NO4. The number of ether oxygens (including phenoxy) is 3. The molecule has 0 spiro atoms. The molecule has 0 aliphatic carbocycles. The number of hydrogen-bond donors (Lipinski definition) is 0. The molecule has 0 N–H and O–H groups in total. The number of carbonyl (C=O) groups is 1. The average molecular weight is 301 g/mol. The van der Waals surface area contributed by atoms with Crippen LogP contribution in [0.15, 0.2) is 42.6 Å². The first kappa shape index (κ1) is 16.1. The number of nitrogens with zero attached hydrogens (tertiary/aromatic N) is 1. The molecule has 0 fully saturated rings. The van der Waals surface area contributed by atoms with Gasteiger partial charge in [-0.1, -0.05) is 6.07 Å². The van der Waals surface area contributed by atoms with E-state index in [2.05, 4.69) is 4.98 Å². The fourth-order valence-corrected chi connectivity index (χ4v) is 1.85. The summed E-state index contributed by atoms with van der Waals surface area (Å²) in [6, 6.07) is 11.0. The average Bonchev–Trinajstić information content (AvgIpc) is 2.57. The first-order valence-corrected chi connectivity index (χ1v) is 7.00. The normalized spacial score (nSPS) is 10.4. The molecule has 1 aromatic heterocycles. The van der Waals surface area contributed by atoms with E-state index < -0.39 is 0 Å². The maximum atomic E-state index is 10.6. The van der Waals surface area contributed by atoms with E-state index >= 15 is 0 Å². The van der Waals surface area contributed by atoms with Crippen molar-refractivity contribution in [2.75, 3.05) is 20.5 Å². The fraction of sp³-hybridized carbons (Fsp3) is 0.294. The summed E-state index contributed by atoms with van der Waals surface area (Å²) in [7, 11) is 1.59. The summed E-state index contributed by atoms with van der Waals surface area (Å²) in [4.78, 5) is 14.9. The van der Waals surface area contributed by atoms with Gasteiger partial charge < -0.3 is 14.2 Å². The Labute approximate surface area is 129 Å². The molecule has 0 amide bonds. The third-order valence-electron chi connectivity index (χ3n) is 3.00. The van der Waals surface area contributed by atoms with Crippen molar-refractivity contribution >= 4 is 6.29 Å². The molecular weight excluding hydrogens is 282 g/mol. The molecule has 5 heteroatoms. The van der Waals surface area contributed by atoms with E-state index in [0.717, 1.165) is 23.3 Å². The molecule has 5 nitrogen and oxygen atoms in total. The van der Waals surface area contributed by atoms with Crippen LogP contribution in [-0.2, 0) is 22.5 Å². The van der Waals surface area contributed by atoms with E-state index in [1.807, 2.05) is 12.1 Å². The standard InChI is InChI=1S/C17H19NO4/c1-20-13-21-12-15-2-5-16(18-10-15)8-9-22-17-6-3-14(11-19)4-7-17/h2-7,10-11H,8-9,12-13H2,1H3. The second-order valence-electron chi connectivity index (χ2n) is 4.70. The van der Waals surface area contributed by atoms with Crippen molar-refractivity contribution in [1.82, 2.24) is 4.98 Å². The van der Waals surface area contributed by atoms with Gasteiger partial charge in [0.2, 0.25) is 0 Å². The first-order valence-electron chi connectivity index (χ1n) is 7.00. The zero-order valence-electron chi connectivity index (χ0n) is 12.5. The molecule has 0 aliphatic rings. The number of pyridine rings is 1. The number of aromatic nitrogens is 1. The highest BCUT2D eigenvalue weighted by Crippen LogP contribution is 2.11. The predicted octanol–water partition coefficient (Wildman–Crippen LogP) is 2.64. The Balaban J connectivity index is 1.75. The van der Waals surface area contributed by atoms with Crippen LogP contribution < -0.4 is 4.74 Å². The van der Waals surface area contributed by atoms with Gasteiger partial charge in [0.15, 0.2) is 0 Å². The Morgan fingerprint density at radius 1 is 1.14 bits per heavy atom. The van der Waals surface area contributed by atoms with Gasteiger partial charge in [-0.3, -0.25) is 9.78 Å².